The summed E-state index contributed by atoms with van der Waals surface area (Å²) < 4.78 is 7.07. The molecule has 1 aromatic carbocycles. The lowest BCUT2D eigenvalue weighted by Gasteiger charge is -2.28. The molecule has 158 valence electrons. The highest BCUT2D eigenvalue weighted by Gasteiger charge is 2.37. The second-order valence-electron chi connectivity index (χ2n) is 7.63. The highest BCUT2D eigenvalue weighted by Crippen LogP contribution is 2.30. The number of carbonyl (C=O) groups is 2. The Morgan fingerprint density at radius 1 is 1.33 bits per heavy atom. The van der Waals surface area contributed by atoms with Crippen molar-refractivity contribution in [2.75, 3.05) is 13.1 Å². The molecule has 1 saturated heterocycles. The first-order valence-electron chi connectivity index (χ1n) is 9.96. The monoisotopic (exact) mass is 414 g/mol. The summed E-state index contributed by atoms with van der Waals surface area (Å²) in [5, 5.41) is 37.3. The lowest BCUT2D eigenvalue weighted by molar-refractivity contribution is -0.121. The maximum atomic E-state index is 12.6. The minimum Gasteiger partial charge on any atom is -0.534 e. The second-order valence-corrected chi connectivity index (χ2v) is 7.63. The molecule has 1 amide bonds. The van der Waals surface area contributed by atoms with Gasteiger partial charge in [-0.3, -0.25) is 4.79 Å². The fourth-order valence-electron chi connectivity index (χ4n) is 3.92. The fourth-order valence-corrected chi connectivity index (χ4v) is 3.92. The molecule has 4 N–H and O–H groups in total. The van der Waals surface area contributed by atoms with Crippen LogP contribution in [-0.2, 0) is 24.2 Å². The Hall–Kier alpha value is -2.99. The van der Waals surface area contributed by atoms with Crippen LogP contribution in [0.15, 0.2) is 18.2 Å². The number of carbonyl (C=O) groups excluding carboxylic acids is 1. The smallest absolute Gasteiger partial charge is 0.534 e. The minimum atomic E-state index is -1.35. The summed E-state index contributed by atoms with van der Waals surface area (Å²) in [6, 6.07) is 4.73. The van der Waals surface area contributed by atoms with Crippen molar-refractivity contribution in [1.82, 2.24) is 30.8 Å². The highest BCUT2D eigenvalue weighted by molar-refractivity contribution is 6.47. The maximum Gasteiger partial charge on any atom is 0.547 e. The van der Waals surface area contributed by atoms with Crippen molar-refractivity contribution in [3.05, 3.63) is 35.2 Å². The Labute approximate surface area is 172 Å². The van der Waals surface area contributed by atoms with Crippen LogP contribution >= 0.6 is 0 Å². The summed E-state index contributed by atoms with van der Waals surface area (Å²) in [5.41, 5.74) is 0.592. The number of fused-ring (bicyclic) bond motifs is 1. The SMILES string of the molecule is O=C(Cc1nnnn1CC1CCNCC1)NC1Cc2cccc(C(=O)O)c2OB1O. The first-order valence-corrected chi connectivity index (χ1v) is 9.96. The van der Waals surface area contributed by atoms with Crippen molar-refractivity contribution in [3.63, 3.8) is 0 Å². The van der Waals surface area contributed by atoms with Gasteiger partial charge in [-0.05, 0) is 60.3 Å². The molecule has 0 aliphatic carbocycles. The number of para-hydroxylation sites is 1. The zero-order valence-corrected chi connectivity index (χ0v) is 16.3. The van der Waals surface area contributed by atoms with Crippen LogP contribution in [0.25, 0.3) is 0 Å². The lowest BCUT2D eigenvalue weighted by atomic mass is 9.72. The minimum absolute atomic E-state index is 0.0200. The van der Waals surface area contributed by atoms with Crippen molar-refractivity contribution in [2.45, 2.75) is 38.2 Å². The van der Waals surface area contributed by atoms with E-state index in [0.29, 0.717) is 23.9 Å². The van der Waals surface area contributed by atoms with E-state index in [-0.39, 0.29) is 30.1 Å². The summed E-state index contributed by atoms with van der Waals surface area (Å²) >= 11 is 0. The van der Waals surface area contributed by atoms with Crippen molar-refractivity contribution < 1.29 is 24.4 Å². The summed E-state index contributed by atoms with van der Waals surface area (Å²) in [6.07, 6.45) is 2.30. The zero-order valence-electron chi connectivity index (χ0n) is 16.3. The number of nitrogens with zero attached hydrogens (tertiary/aromatic N) is 4. The molecule has 0 spiro atoms. The Morgan fingerprint density at radius 2 is 2.13 bits per heavy atom. The summed E-state index contributed by atoms with van der Waals surface area (Å²) in [6.45, 7) is 2.60. The molecule has 3 heterocycles. The topological polar surface area (TPSA) is 151 Å². The number of tetrazole rings is 1. The van der Waals surface area contributed by atoms with Crippen molar-refractivity contribution in [3.8, 4) is 5.75 Å². The van der Waals surface area contributed by atoms with Gasteiger partial charge in [0.2, 0.25) is 5.91 Å². The standard InChI is InChI=1S/C18H23BN6O5/c26-16(9-15-22-23-24-25(15)10-11-4-6-20-7-5-11)21-14-8-12-2-1-3-13(18(27)28)17(12)30-19(14)29/h1-3,11,14,20,29H,4-10H2,(H,21,26)(H,27,28). The highest BCUT2D eigenvalue weighted by atomic mass is 16.5. The molecule has 11 nitrogen and oxygen atoms in total. The molecule has 1 unspecified atom stereocenters. The van der Waals surface area contributed by atoms with Crippen LogP contribution in [0.3, 0.4) is 0 Å². The number of amides is 1. The number of hydrogen-bond donors (Lipinski definition) is 4. The molecule has 1 aromatic heterocycles. The summed E-state index contributed by atoms with van der Waals surface area (Å²) in [4.78, 5) is 23.9. The Bertz CT molecular complexity index is 932. The largest absolute Gasteiger partial charge is 0.547 e. The predicted octanol–water partition coefficient (Wildman–Crippen LogP) is -0.947. The van der Waals surface area contributed by atoms with Gasteiger partial charge in [0.05, 0.1) is 17.9 Å². The van der Waals surface area contributed by atoms with Crippen LogP contribution in [0.4, 0.5) is 0 Å². The molecule has 0 bridgehead atoms. The maximum absolute atomic E-state index is 12.6. The number of aromatic carboxylic acids is 1. The average molecular weight is 414 g/mol. The van der Waals surface area contributed by atoms with Crippen molar-refractivity contribution in [2.24, 2.45) is 5.92 Å². The van der Waals surface area contributed by atoms with E-state index in [1.165, 1.54) is 6.07 Å². The van der Waals surface area contributed by atoms with Crippen molar-refractivity contribution >= 4 is 19.0 Å². The van der Waals surface area contributed by atoms with E-state index in [2.05, 4.69) is 26.2 Å². The molecule has 2 aliphatic rings. The van der Waals surface area contributed by atoms with E-state index in [1.807, 2.05) is 0 Å². The summed E-state index contributed by atoms with van der Waals surface area (Å²) in [5.74, 6) is -1.13. The van der Waals surface area contributed by atoms with Crippen LogP contribution < -0.4 is 15.3 Å². The molecular weight excluding hydrogens is 391 g/mol. The van der Waals surface area contributed by atoms with Gasteiger partial charge in [0.25, 0.3) is 0 Å². The number of carboxylic acids is 1. The quantitative estimate of drug-likeness (QED) is 0.439. The third-order valence-electron chi connectivity index (χ3n) is 5.51. The van der Waals surface area contributed by atoms with Gasteiger partial charge in [-0.2, -0.15) is 0 Å². The van der Waals surface area contributed by atoms with Gasteiger partial charge in [-0.1, -0.05) is 12.1 Å². The van der Waals surface area contributed by atoms with Gasteiger partial charge in [0, 0.05) is 6.54 Å². The van der Waals surface area contributed by atoms with Crippen molar-refractivity contribution in [1.29, 1.82) is 0 Å². The first kappa shape index (κ1) is 20.3. The number of nitrogens with one attached hydrogen (secondary N) is 2. The molecule has 0 radical (unpaired) electrons. The van der Waals surface area contributed by atoms with E-state index in [1.54, 1.807) is 16.8 Å². The normalized spacial score (nSPS) is 19.1. The number of benzene rings is 1. The zero-order chi connectivity index (χ0) is 21.1. The average Bonchev–Trinajstić information content (AvgIpc) is 3.15. The molecular formula is C18H23BN6O5. The molecule has 2 aromatic rings. The van der Waals surface area contributed by atoms with Gasteiger partial charge in [0.1, 0.15) is 5.75 Å². The Morgan fingerprint density at radius 3 is 2.90 bits per heavy atom. The number of rotatable bonds is 6. The number of carboxylic acid groups (broad SMARTS) is 1. The van der Waals surface area contributed by atoms with Gasteiger partial charge < -0.3 is 25.4 Å². The third-order valence-corrected chi connectivity index (χ3v) is 5.51. The van der Waals surface area contributed by atoms with Crippen LogP contribution in [0.5, 0.6) is 5.75 Å². The van der Waals surface area contributed by atoms with Crippen LogP contribution in [0.1, 0.15) is 34.6 Å². The van der Waals surface area contributed by atoms with Crippen LogP contribution in [0, 0.1) is 5.92 Å². The molecule has 30 heavy (non-hydrogen) atoms. The van der Waals surface area contributed by atoms with E-state index in [0.717, 1.165) is 25.9 Å². The number of piperidine rings is 1. The lowest BCUT2D eigenvalue weighted by Crippen LogP contribution is -2.53. The van der Waals surface area contributed by atoms with Gasteiger partial charge in [-0.25, -0.2) is 9.48 Å². The van der Waals surface area contributed by atoms with Gasteiger partial charge >= 0.3 is 13.1 Å². The van der Waals surface area contributed by atoms with Gasteiger partial charge in [0.15, 0.2) is 5.82 Å². The van der Waals surface area contributed by atoms with Crippen LogP contribution in [0.2, 0.25) is 0 Å². The molecule has 12 heteroatoms. The van der Waals surface area contributed by atoms with E-state index in [4.69, 9.17) is 4.65 Å². The number of hydrogen-bond acceptors (Lipinski definition) is 8. The summed E-state index contributed by atoms with van der Waals surface area (Å²) in [7, 11) is -1.35. The number of aromatic nitrogens is 4. The van der Waals surface area contributed by atoms with E-state index in [9.17, 15) is 19.7 Å². The van der Waals surface area contributed by atoms with Gasteiger partial charge in [-0.15, -0.1) is 5.10 Å². The molecule has 1 atom stereocenters. The molecule has 0 saturated carbocycles. The molecule has 2 aliphatic heterocycles. The van der Waals surface area contributed by atoms with E-state index >= 15 is 0 Å². The Balaban J connectivity index is 1.39. The third kappa shape index (κ3) is 4.44. The fraction of sp³-hybridized carbons (Fsp3) is 0.500. The van der Waals surface area contributed by atoms with Crippen LogP contribution in [-0.4, -0.2) is 68.4 Å². The molecule has 1 fully saturated rings. The molecule has 4 rings (SSSR count). The first-order chi connectivity index (χ1) is 14.5. The van der Waals surface area contributed by atoms with E-state index < -0.39 is 19.0 Å². The Kier molecular flexibility index (Phi) is 5.95. The second kappa shape index (κ2) is 8.80. The predicted molar refractivity (Wildman–Crippen MR) is 105 cm³/mol.